The van der Waals surface area contributed by atoms with Crippen LogP contribution in [-0.2, 0) is 0 Å². The Labute approximate surface area is 327 Å². The zero-order valence-electron chi connectivity index (χ0n) is 30.3. The zero-order valence-corrected chi connectivity index (χ0v) is 31.1. The van der Waals surface area contributed by atoms with Crippen LogP contribution in [0.15, 0.2) is 200 Å². The average molecular weight is 732 g/mol. The Hall–Kier alpha value is -7.14. The van der Waals surface area contributed by atoms with Crippen molar-refractivity contribution < 1.29 is 0 Å². The second-order valence-corrected chi connectivity index (χ2v) is 15.6. The number of benzene rings is 8. The smallest absolute Gasteiger partial charge is 0.0655 e. The van der Waals surface area contributed by atoms with Crippen LogP contribution >= 0.6 is 11.3 Å². The Kier molecular flexibility index (Phi) is 6.80. The van der Waals surface area contributed by atoms with Crippen molar-refractivity contribution in [3.05, 3.63) is 200 Å². The van der Waals surface area contributed by atoms with Crippen LogP contribution in [0, 0.1) is 0 Å². The van der Waals surface area contributed by atoms with Crippen molar-refractivity contribution in [2.75, 3.05) is 0 Å². The van der Waals surface area contributed by atoms with Crippen LogP contribution in [0.25, 0.3) is 103 Å². The molecule has 0 spiro atoms. The van der Waals surface area contributed by atoms with E-state index in [1.54, 1.807) is 0 Å². The number of fused-ring (bicyclic) bond motifs is 9. The highest BCUT2D eigenvalue weighted by atomic mass is 32.1. The second-order valence-electron chi connectivity index (χ2n) is 14.6. The minimum absolute atomic E-state index is 1.17. The van der Waals surface area contributed by atoms with E-state index in [9.17, 15) is 0 Å². The molecule has 0 atom stereocenters. The van der Waals surface area contributed by atoms with E-state index in [1.807, 2.05) is 11.3 Å². The first-order valence-electron chi connectivity index (χ1n) is 19.1. The SMILES string of the molecule is c1ccc(-n2c3ccccc3c3cc(-c4ccc5c(c4)c4sc(-c6ccc7c(c6)c6ccccc6n7-c6ccccc6)cc4n5-c4ccccc4)ccc32)cc1. The summed E-state index contributed by atoms with van der Waals surface area (Å²) in [6.07, 6.45) is 0. The summed E-state index contributed by atoms with van der Waals surface area (Å²) in [6.45, 7) is 0. The summed E-state index contributed by atoms with van der Waals surface area (Å²) in [6, 6.07) is 73.0. The van der Waals surface area contributed by atoms with Gasteiger partial charge in [0.25, 0.3) is 0 Å². The van der Waals surface area contributed by atoms with Crippen molar-refractivity contribution in [2.24, 2.45) is 0 Å². The van der Waals surface area contributed by atoms with Gasteiger partial charge in [-0.25, -0.2) is 0 Å². The standard InChI is InChI=1S/C52H33N3S/c1-4-14-37(15-5-1)53-45-22-12-10-20-40(45)42-30-34(24-27-47(42)53)35-25-28-49-44(31-35)52-50(55(49)39-18-8-3-9-19-39)33-51(56-52)36-26-29-48-43(32-36)41-21-11-13-23-46(41)54(48)38-16-6-2-7-17-38/h1-33H. The summed E-state index contributed by atoms with van der Waals surface area (Å²) in [7, 11) is 0. The molecule has 4 heteroatoms. The Balaban J connectivity index is 1.05. The molecule has 8 aromatic carbocycles. The molecule has 0 fully saturated rings. The predicted molar refractivity (Wildman–Crippen MR) is 238 cm³/mol. The summed E-state index contributed by atoms with van der Waals surface area (Å²) < 4.78 is 8.50. The maximum absolute atomic E-state index is 2.44. The van der Waals surface area contributed by atoms with Crippen molar-refractivity contribution in [1.29, 1.82) is 0 Å². The number of nitrogens with zero attached hydrogens (tertiary/aromatic N) is 3. The second kappa shape index (κ2) is 12.2. The third-order valence-electron chi connectivity index (χ3n) is 11.4. The Morgan fingerprint density at radius 1 is 0.268 bits per heavy atom. The average Bonchev–Trinajstić information content (AvgIpc) is 4.01. The van der Waals surface area contributed by atoms with Gasteiger partial charge in [0.2, 0.25) is 0 Å². The monoisotopic (exact) mass is 731 g/mol. The lowest BCUT2D eigenvalue weighted by Gasteiger charge is -2.09. The molecule has 0 amide bonds. The quantitative estimate of drug-likeness (QED) is 0.167. The van der Waals surface area contributed by atoms with Crippen LogP contribution in [0.3, 0.4) is 0 Å². The molecule has 4 aromatic heterocycles. The molecule has 0 unspecified atom stereocenters. The summed E-state index contributed by atoms with van der Waals surface area (Å²) >= 11 is 1.89. The summed E-state index contributed by atoms with van der Waals surface area (Å²) in [4.78, 5) is 1.26. The van der Waals surface area contributed by atoms with Gasteiger partial charge in [-0.3, -0.25) is 0 Å². The lowest BCUT2D eigenvalue weighted by atomic mass is 10.0. The van der Waals surface area contributed by atoms with E-state index in [2.05, 4.69) is 214 Å². The van der Waals surface area contributed by atoms with Crippen molar-refractivity contribution in [2.45, 2.75) is 0 Å². The molecule has 0 aliphatic carbocycles. The normalized spacial score (nSPS) is 11.9. The Bertz CT molecular complexity index is 3460. The van der Waals surface area contributed by atoms with Crippen LogP contribution in [0.5, 0.6) is 0 Å². The molecule has 262 valence electrons. The lowest BCUT2D eigenvalue weighted by Crippen LogP contribution is -1.93. The third-order valence-corrected chi connectivity index (χ3v) is 12.6. The van der Waals surface area contributed by atoms with Gasteiger partial charge in [-0.05, 0) is 108 Å². The van der Waals surface area contributed by atoms with Crippen LogP contribution in [-0.4, -0.2) is 13.7 Å². The van der Waals surface area contributed by atoms with Gasteiger partial charge in [0, 0.05) is 48.9 Å². The maximum atomic E-state index is 2.44. The number of hydrogen-bond acceptors (Lipinski definition) is 1. The first kappa shape index (κ1) is 31.2. The molecule has 3 nitrogen and oxygen atoms in total. The molecule has 0 aliphatic rings. The van der Waals surface area contributed by atoms with Gasteiger partial charge < -0.3 is 13.7 Å². The maximum Gasteiger partial charge on any atom is 0.0655 e. The van der Waals surface area contributed by atoms with Gasteiger partial charge >= 0.3 is 0 Å². The highest BCUT2D eigenvalue weighted by Gasteiger charge is 2.20. The van der Waals surface area contributed by atoms with Gasteiger partial charge in [-0.2, -0.15) is 0 Å². The lowest BCUT2D eigenvalue weighted by molar-refractivity contribution is 1.18. The largest absolute Gasteiger partial charge is 0.309 e. The first-order valence-corrected chi connectivity index (χ1v) is 19.9. The molecule has 56 heavy (non-hydrogen) atoms. The zero-order chi connectivity index (χ0) is 36.7. The number of para-hydroxylation sites is 5. The highest BCUT2D eigenvalue weighted by molar-refractivity contribution is 7.23. The molecule has 0 aliphatic heterocycles. The van der Waals surface area contributed by atoms with E-state index in [0.29, 0.717) is 0 Å². The van der Waals surface area contributed by atoms with Crippen molar-refractivity contribution in [1.82, 2.24) is 13.7 Å². The predicted octanol–water partition coefficient (Wildman–Crippen LogP) is 14.4. The molecular formula is C52H33N3S. The molecule has 0 bridgehead atoms. The fourth-order valence-electron chi connectivity index (χ4n) is 8.95. The van der Waals surface area contributed by atoms with Crippen LogP contribution in [0.1, 0.15) is 0 Å². The van der Waals surface area contributed by atoms with Gasteiger partial charge in [0.15, 0.2) is 0 Å². The number of thiophene rings is 1. The van der Waals surface area contributed by atoms with Gasteiger partial charge in [0.1, 0.15) is 0 Å². The fraction of sp³-hybridized carbons (Fsp3) is 0. The first-order chi connectivity index (χ1) is 27.8. The summed E-state index contributed by atoms with van der Waals surface area (Å²) in [5.74, 6) is 0. The summed E-state index contributed by atoms with van der Waals surface area (Å²) in [5.41, 5.74) is 14.5. The van der Waals surface area contributed by atoms with E-state index in [1.165, 1.54) is 103 Å². The van der Waals surface area contributed by atoms with Gasteiger partial charge in [0.05, 0.1) is 37.8 Å². The molecule has 12 aromatic rings. The van der Waals surface area contributed by atoms with Crippen molar-refractivity contribution in [3.63, 3.8) is 0 Å². The van der Waals surface area contributed by atoms with E-state index in [0.717, 1.165) is 0 Å². The fourth-order valence-corrected chi connectivity index (χ4v) is 10.1. The number of aromatic nitrogens is 3. The van der Waals surface area contributed by atoms with E-state index in [-0.39, 0.29) is 0 Å². The van der Waals surface area contributed by atoms with Crippen molar-refractivity contribution in [3.8, 4) is 38.6 Å². The highest BCUT2D eigenvalue weighted by Crippen LogP contribution is 2.44. The summed E-state index contributed by atoms with van der Waals surface area (Å²) in [5, 5.41) is 6.32. The van der Waals surface area contributed by atoms with E-state index < -0.39 is 0 Å². The Morgan fingerprint density at radius 2 is 0.643 bits per heavy atom. The van der Waals surface area contributed by atoms with E-state index in [4.69, 9.17) is 0 Å². The molecule has 4 heterocycles. The van der Waals surface area contributed by atoms with Crippen LogP contribution in [0.4, 0.5) is 0 Å². The molecule has 0 radical (unpaired) electrons. The Morgan fingerprint density at radius 3 is 1.16 bits per heavy atom. The molecule has 12 rings (SSSR count). The molecule has 0 saturated heterocycles. The van der Waals surface area contributed by atoms with Gasteiger partial charge in [-0.15, -0.1) is 11.3 Å². The van der Waals surface area contributed by atoms with E-state index >= 15 is 0 Å². The van der Waals surface area contributed by atoms with Gasteiger partial charge in [-0.1, -0.05) is 109 Å². The third kappa shape index (κ3) is 4.63. The topological polar surface area (TPSA) is 14.8 Å². The number of hydrogen-bond donors (Lipinski definition) is 0. The minimum Gasteiger partial charge on any atom is -0.309 e. The van der Waals surface area contributed by atoms with Crippen LogP contribution < -0.4 is 0 Å². The number of rotatable bonds is 5. The molecule has 0 saturated carbocycles. The molecule has 0 N–H and O–H groups in total. The molecular weight excluding hydrogens is 699 g/mol. The van der Waals surface area contributed by atoms with Crippen LogP contribution in [0.2, 0.25) is 0 Å². The van der Waals surface area contributed by atoms with Crippen molar-refractivity contribution >= 4 is 76.1 Å². The minimum atomic E-state index is 1.17.